The van der Waals surface area contributed by atoms with Crippen LogP contribution < -0.4 is 5.32 Å². The molecule has 5 rings (SSSR count). The molecule has 146 valence electrons. The lowest BCUT2D eigenvalue weighted by Gasteiger charge is -2.07. The number of aromatic nitrogens is 1. The second-order valence-corrected chi connectivity index (χ2v) is 7.63. The van der Waals surface area contributed by atoms with Crippen molar-refractivity contribution in [2.24, 2.45) is 0 Å². The predicted molar refractivity (Wildman–Crippen MR) is 121 cm³/mol. The number of hydrogen-bond acceptors (Lipinski definition) is 3. The van der Waals surface area contributed by atoms with E-state index in [-0.39, 0.29) is 5.91 Å². The second-order valence-electron chi connectivity index (χ2n) is 6.82. The number of carbonyl (C=O) groups is 1. The van der Waals surface area contributed by atoms with Crippen LogP contribution in [0, 0.1) is 0 Å². The molecule has 30 heavy (non-hydrogen) atoms. The van der Waals surface area contributed by atoms with Crippen LogP contribution in [0.2, 0.25) is 10.0 Å². The van der Waals surface area contributed by atoms with Gasteiger partial charge in [0, 0.05) is 22.2 Å². The Kier molecular flexibility index (Phi) is 4.66. The number of carbonyl (C=O) groups excluding carboxylic acids is 1. The number of nitrogens with zero attached hydrogens (tertiary/aromatic N) is 1. The third-order valence-electron chi connectivity index (χ3n) is 4.83. The number of fused-ring (bicyclic) bond motifs is 3. The van der Waals surface area contributed by atoms with Gasteiger partial charge in [-0.1, -0.05) is 59.6 Å². The monoisotopic (exact) mass is 432 g/mol. The van der Waals surface area contributed by atoms with Crippen molar-refractivity contribution >= 4 is 56.7 Å². The van der Waals surface area contributed by atoms with Crippen molar-refractivity contribution in [3.63, 3.8) is 0 Å². The van der Waals surface area contributed by atoms with Crippen LogP contribution in [-0.4, -0.2) is 10.9 Å². The van der Waals surface area contributed by atoms with Crippen molar-refractivity contribution in [3.05, 3.63) is 94.5 Å². The van der Waals surface area contributed by atoms with Crippen molar-refractivity contribution in [2.45, 2.75) is 0 Å². The lowest BCUT2D eigenvalue weighted by atomic mass is 10.1. The third-order valence-corrected chi connectivity index (χ3v) is 5.57. The average Bonchev–Trinajstić information content (AvgIpc) is 3.21. The van der Waals surface area contributed by atoms with Gasteiger partial charge in [-0.2, -0.15) is 0 Å². The average molecular weight is 433 g/mol. The van der Waals surface area contributed by atoms with E-state index in [1.807, 2.05) is 54.6 Å². The normalized spacial score (nSPS) is 11.1. The van der Waals surface area contributed by atoms with Crippen molar-refractivity contribution < 1.29 is 9.21 Å². The number of amides is 1. The molecule has 4 aromatic carbocycles. The Morgan fingerprint density at radius 3 is 2.60 bits per heavy atom. The minimum absolute atomic E-state index is 0.283. The maximum Gasteiger partial charge on any atom is 0.255 e. The molecule has 0 saturated carbocycles. The zero-order valence-electron chi connectivity index (χ0n) is 15.5. The number of benzene rings is 4. The number of anilines is 1. The van der Waals surface area contributed by atoms with Gasteiger partial charge in [-0.15, -0.1) is 0 Å². The highest BCUT2D eigenvalue weighted by Gasteiger charge is 2.13. The summed E-state index contributed by atoms with van der Waals surface area (Å²) in [5.74, 6) is 0.210. The summed E-state index contributed by atoms with van der Waals surface area (Å²) in [7, 11) is 0. The smallest absolute Gasteiger partial charge is 0.255 e. The second kappa shape index (κ2) is 7.48. The van der Waals surface area contributed by atoms with E-state index in [9.17, 15) is 4.79 Å². The molecule has 0 bridgehead atoms. The van der Waals surface area contributed by atoms with Crippen LogP contribution in [0.5, 0.6) is 0 Å². The molecule has 5 aromatic rings. The molecular formula is C24H14Cl2N2O2. The van der Waals surface area contributed by atoms with Crippen molar-refractivity contribution in [3.8, 4) is 11.5 Å². The van der Waals surface area contributed by atoms with Crippen molar-refractivity contribution in [1.82, 2.24) is 4.98 Å². The van der Waals surface area contributed by atoms with Crippen molar-refractivity contribution in [1.29, 1.82) is 0 Å². The molecule has 0 aliphatic carbocycles. The maximum atomic E-state index is 12.6. The Bertz CT molecular complexity index is 1430. The topological polar surface area (TPSA) is 55.1 Å². The van der Waals surface area contributed by atoms with Gasteiger partial charge >= 0.3 is 0 Å². The number of rotatable bonds is 3. The standard InChI is InChI=1S/C24H14Cl2N2O2/c25-19-10-8-15(13-20(19)26)23(29)27-17-6-3-5-16(12-17)24-28-22-18-7-2-1-4-14(18)9-11-21(22)30-24/h1-13H,(H,27,29). The van der Waals surface area contributed by atoms with Gasteiger partial charge in [0.1, 0.15) is 5.52 Å². The largest absolute Gasteiger partial charge is 0.436 e. The highest BCUT2D eigenvalue weighted by atomic mass is 35.5. The molecule has 1 aromatic heterocycles. The van der Waals surface area contributed by atoms with E-state index >= 15 is 0 Å². The van der Waals surface area contributed by atoms with Gasteiger partial charge in [-0.05, 0) is 47.9 Å². The molecule has 1 N–H and O–H groups in total. The Morgan fingerprint density at radius 2 is 1.73 bits per heavy atom. The van der Waals surface area contributed by atoms with Crippen molar-refractivity contribution in [2.75, 3.05) is 5.32 Å². The summed E-state index contributed by atoms with van der Waals surface area (Å²) in [6.45, 7) is 0. The van der Waals surface area contributed by atoms with Gasteiger partial charge in [-0.3, -0.25) is 4.79 Å². The van der Waals surface area contributed by atoms with E-state index in [2.05, 4.69) is 5.32 Å². The van der Waals surface area contributed by atoms with E-state index < -0.39 is 0 Å². The maximum absolute atomic E-state index is 12.6. The van der Waals surface area contributed by atoms with Gasteiger partial charge in [0.25, 0.3) is 5.91 Å². The highest BCUT2D eigenvalue weighted by molar-refractivity contribution is 6.42. The summed E-state index contributed by atoms with van der Waals surface area (Å²) in [6.07, 6.45) is 0. The van der Waals surface area contributed by atoms with Crippen LogP contribution in [-0.2, 0) is 0 Å². The molecule has 0 atom stereocenters. The first kappa shape index (κ1) is 18.7. The Hall–Kier alpha value is -3.34. The summed E-state index contributed by atoms with van der Waals surface area (Å²) in [5.41, 5.74) is 3.34. The first-order chi connectivity index (χ1) is 14.6. The fourth-order valence-corrected chi connectivity index (χ4v) is 3.65. The zero-order chi connectivity index (χ0) is 20.7. The Balaban J connectivity index is 1.48. The zero-order valence-corrected chi connectivity index (χ0v) is 17.0. The third kappa shape index (κ3) is 3.41. The van der Waals surface area contributed by atoms with E-state index in [0.29, 0.717) is 32.8 Å². The summed E-state index contributed by atoms with van der Waals surface area (Å²) in [5, 5.41) is 5.74. The molecule has 0 fully saturated rings. The Morgan fingerprint density at radius 1 is 0.867 bits per heavy atom. The van der Waals surface area contributed by atoms with Crippen LogP contribution >= 0.6 is 23.2 Å². The van der Waals surface area contributed by atoms with Gasteiger partial charge < -0.3 is 9.73 Å². The first-order valence-corrected chi connectivity index (χ1v) is 9.99. The number of nitrogens with one attached hydrogen (secondary N) is 1. The van der Waals surface area contributed by atoms with E-state index in [1.54, 1.807) is 18.2 Å². The predicted octanol–water partition coefficient (Wildman–Crippen LogP) is 7.21. The van der Waals surface area contributed by atoms with Gasteiger partial charge in [0.05, 0.1) is 10.0 Å². The molecule has 4 nitrogen and oxygen atoms in total. The molecule has 1 amide bonds. The lowest BCUT2D eigenvalue weighted by molar-refractivity contribution is 0.102. The molecule has 0 spiro atoms. The summed E-state index contributed by atoms with van der Waals surface area (Å²) in [4.78, 5) is 17.3. The number of hydrogen-bond donors (Lipinski definition) is 1. The quantitative estimate of drug-likeness (QED) is 0.327. The van der Waals surface area contributed by atoms with Crippen LogP contribution in [0.3, 0.4) is 0 Å². The molecule has 0 unspecified atom stereocenters. The summed E-state index contributed by atoms with van der Waals surface area (Å²) in [6, 6.07) is 24.1. The number of halogens is 2. The van der Waals surface area contributed by atoms with E-state index in [0.717, 1.165) is 21.9 Å². The molecule has 0 aliphatic heterocycles. The lowest BCUT2D eigenvalue weighted by Crippen LogP contribution is -2.11. The van der Waals surface area contributed by atoms with Gasteiger partial charge in [0.15, 0.2) is 5.58 Å². The van der Waals surface area contributed by atoms with Gasteiger partial charge in [-0.25, -0.2) is 4.98 Å². The fourth-order valence-electron chi connectivity index (χ4n) is 3.36. The Labute approximate surface area is 182 Å². The minimum Gasteiger partial charge on any atom is -0.436 e. The van der Waals surface area contributed by atoms with E-state index in [1.165, 1.54) is 6.07 Å². The minimum atomic E-state index is -0.283. The van der Waals surface area contributed by atoms with Crippen LogP contribution in [0.1, 0.15) is 10.4 Å². The van der Waals surface area contributed by atoms with Crippen LogP contribution in [0.4, 0.5) is 5.69 Å². The SMILES string of the molecule is O=C(Nc1cccc(-c2nc3c(ccc4ccccc43)o2)c1)c1ccc(Cl)c(Cl)c1. The summed E-state index contributed by atoms with van der Waals surface area (Å²) >= 11 is 11.9. The van der Waals surface area contributed by atoms with E-state index in [4.69, 9.17) is 32.6 Å². The molecule has 6 heteroatoms. The fraction of sp³-hybridized carbons (Fsp3) is 0. The molecular weight excluding hydrogens is 419 g/mol. The van der Waals surface area contributed by atoms with Crippen LogP contribution in [0.15, 0.2) is 83.3 Å². The number of oxazole rings is 1. The van der Waals surface area contributed by atoms with Crippen LogP contribution in [0.25, 0.3) is 33.3 Å². The summed E-state index contributed by atoms with van der Waals surface area (Å²) < 4.78 is 5.98. The first-order valence-electron chi connectivity index (χ1n) is 9.23. The van der Waals surface area contributed by atoms with Gasteiger partial charge in [0.2, 0.25) is 5.89 Å². The molecule has 0 radical (unpaired) electrons. The molecule has 1 heterocycles. The molecule has 0 aliphatic rings. The highest BCUT2D eigenvalue weighted by Crippen LogP contribution is 2.31. The molecule has 0 saturated heterocycles.